The Balaban J connectivity index is 1.21. The van der Waals surface area contributed by atoms with Crippen LogP contribution in [0.5, 0.6) is 0 Å². The average Bonchev–Trinajstić information content (AvgIpc) is 3.12. The quantitative estimate of drug-likeness (QED) is 0.598. The molecule has 0 bridgehead atoms. The topological polar surface area (TPSA) is 121 Å². The van der Waals surface area contributed by atoms with Crippen molar-refractivity contribution in [2.24, 2.45) is 0 Å². The van der Waals surface area contributed by atoms with Gasteiger partial charge in [0.15, 0.2) is 0 Å². The predicted molar refractivity (Wildman–Crippen MR) is 134 cm³/mol. The normalized spacial score (nSPS) is 20.4. The zero-order chi connectivity index (χ0) is 26.3. The molecule has 3 aliphatic heterocycles. The van der Waals surface area contributed by atoms with Gasteiger partial charge in [-0.3, -0.25) is 29.6 Å². The zero-order valence-electron chi connectivity index (χ0n) is 21.2. The average molecular weight is 506 g/mol. The van der Waals surface area contributed by atoms with Crippen molar-refractivity contribution in [3.63, 3.8) is 0 Å². The van der Waals surface area contributed by atoms with Crippen molar-refractivity contribution in [1.29, 1.82) is 0 Å². The van der Waals surface area contributed by atoms with Gasteiger partial charge in [0.25, 0.3) is 5.91 Å². The maximum Gasteiger partial charge on any atom is 0.407 e. The summed E-state index contributed by atoms with van der Waals surface area (Å²) >= 11 is 0. The highest BCUT2D eigenvalue weighted by molar-refractivity contribution is 6.05. The van der Waals surface area contributed by atoms with Crippen LogP contribution in [-0.2, 0) is 27.4 Å². The molecule has 2 aromatic rings. The van der Waals surface area contributed by atoms with Crippen LogP contribution in [-0.4, -0.2) is 69.4 Å². The summed E-state index contributed by atoms with van der Waals surface area (Å²) in [5, 5.41) is 5.23. The first-order chi connectivity index (χ1) is 17.6. The van der Waals surface area contributed by atoms with Crippen LogP contribution in [0.2, 0.25) is 0 Å². The smallest absolute Gasteiger partial charge is 0.407 e. The lowest BCUT2D eigenvalue weighted by atomic mass is 10.0. The Hall–Kier alpha value is -3.79. The van der Waals surface area contributed by atoms with Crippen LogP contribution in [0.3, 0.4) is 0 Å². The van der Waals surface area contributed by atoms with E-state index in [9.17, 15) is 19.2 Å². The van der Waals surface area contributed by atoms with Crippen molar-refractivity contribution in [3.05, 3.63) is 53.2 Å². The number of rotatable bonds is 5. The summed E-state index contributed by atoms with van der Waals surface area (Å²) in [6.45, 7) is 8.07. The number of aromatic nitrogens is 1. The van der Waals surface area contributed by atoms with E-state index in [-0.39, 0.29) is 24.3 Å². The van der Waals surface area contributed by atoms with E-state index in [4.69, 9.17) is 4.74 Å². The van der Waals surface area contributed by atoms with Crippen molar-refractivity contribution in [3.8, 4) is 11.3 Å². The van der Waals surface area contributed by atoms with Gasteiger partial charge in [-0.25, -0.2) is 4.79 Å². The highest BCUT2D eigenvalue weighted by Crippen LogP contribution is 2.31. The molecular weight excluding hydrogens is 474 g/mol. The first kappa shape index (κ1) is 24.9. The van der Waals surface area contributed by atoms with Crippen molar-refractivity contribution in [1.82, 2.24) is 25.4 Å². The van der Waals surface area contributed by atoms with Gasteiger partial charge < -0.3 is 15.0 Å². The number of hydrogen-bond acceptors (Lipinski definition) is 7. The number of imide groups is 1. The second kappa shape index (κ2) is 9.59. The summed E-state index contributed by atoms with van der Waals surface area (Å²) in [6, 6.07) is 9.06. The molecule has 0 radical (unpaired) electrons. The number of nitrogens with one attached hydrogen (secondary N) is 2. The van der Waals surface area contributed by atoms with Crippen LogP contribution in [0.15, 0.2) is 36.5 Å². The van der Waals surface area contributed by atoms with Gasteiger partial charge in [0.05, 0.1) is 11.7 Å². The summed E-state index contributed by atoms with van der Waals surface area (Å²) in [7, 11) is 0. The molecule has 0 saturated carbocycles. The molecule has 194 valence electrons. The molecule has 10 heteroatoms. The first-order valence-electron chi connectivity index (χ1n) is 12.5. The van der Waals surface area contributed by atoms with Gasteiger partial charge in [0.1, 0.15) is 11.6 Å². The lowest BCUT2D eigenvalue weighted by molar-refractivity contribution is -0.136. The number of likely N-dealkylation sites (tertiary alicyclic amines) is 1. The minimum atomic E-state index is -0.632. The molecule has 1 atom stereocenters. The first-order valence-corrected chi connectivity index (χ1v) is 12.5. The van der Waals surface area contributed by atoms with Crippen molar-refractivity contribution < 1.29 is 23.9 Å². The number of piperidine rings is 1. The summed E-state index contributed by atoms with van der Waals surface area (Å²) in [5.41, 5.74) is 3.70. The molecule has 5 rings (SSSR count). The SMILES string of the molecule is CC(C)(C)OC(=O)NC1CN(Cc2ccnc(-c3ccc4c(c3)CN(C3CCC(=O)NC3=O)C4=O)c2)C1. The second-order valence-corrected chi connectivity index (χ2v) is 10.9. The van der Waals surface area contributed by atoms with Gasteiger partial charge in [-0.1, -0.05) is 6.07 Å². The molecule has 2 N–H and O–H groups in total. The van der Waals surface area contributed by atoms with E-state index in [1.165, 1.54) is 0 Å². The molecule has 4 heterocycles. The summed E-state index contributed by atoms with van der Waals surface area (Å²) in [5.74, 6) is -0.904. The standard InChI is InChI=1S/C27H31N5O5/c1-27(2,3)37-26(36)29-19-14-31(15-19)12-16-8-9-28-21(10-16)17-4-5-20-18(11-17)13-32(25(20)35)22-6-7-23(33)30-24(22)34/h4-5,8-11,19,22H,6-7,12-15H2,1-3H3,(H,29,36)(H,30,33,34). The minimum Gasteiger partial charge on any atom is -0.444 e. The van der Waals surface area contributed by atoms with Crippen LogP contribution in [0.1, 0.15) is 55.1 Å². The van der Waals surface area contributed by atoms with Crippen molar-refractivity contribution in [2.75, 3.05) is 13.1 Å². The fourth-order valence-electron chi connectivity index (χ4n) is 4.99. The second-order valence-electron chi connectivity index (χ2n) is 10.9. The predicted octanol–water partition coefficient (Wildman–Crippen LogP) is 2.22. The van der Waals surface area contributed by atoms with E-state index in [1.807, 2.05) is 45.0 Å². The largest absolute Gasteiger partial charge is 0.444 e. The van der Waals surface area contributed by atoms with Crippen molar-refractivity contribution >= 4 is 23.8 Å². The maximum atomic E-state index is 13.0. The van der Waals surface area contributed by atoms with E-state index < -0.39 is 23.6 Å². The van der Waals surface area contributed by atoms with E-state index in [0.717, 1.165) is 42.0 Å². The molecule has 10 nitrogen and oxygen atoms in total. The highest BCUT2D eigenvalue weighted by Gasteiger charge is 2.39. The summed E-state index contributed by atoms with van der Waals surface area (Å²) in [4.78, 5) is 57.0. The van der Waals surface area contributed by atoms with Gasteiger partial charge in [-0.15, -0.1) is 0 Å². The number of pyridine rings is 1. The van der Waals surface area contributed by atoms with Crippen LogP contribution >= 0.6 is 0 Å². The lowest BCUT2D eigenvalue weighted by Gasteiger charge is -2.39. The molecular formula is C27H31N5O5. The van der Waals surface area contributed by atoms with Crippen LogP contribution in [0.25, 0.3) is 11.3 Å². The van der Waals surface area contributed by atoms with Gasteiger partial charge in [-0.05, 0) is 62.6 Å². The molecule has 4 amide bonds. The van der Waals surface area contributed by atoms with Gasteiger partial charge in [-0.2, -0.15) is 0 Å². The van der Waals surface area contributed by atoms with E-state index >= 15 is 0 Å². The number of ether oxygens (including phenoxy) is 1. The molecule has 2 saturated heterocycles. The fraction of sp³-hybridized carbons (Fsp3) is 0.444. The van der Waals surface area contributed by atoms with E-state index in [0.29, 0.717) is 18.5 Å². The van der Waals surface area contributed by atoms with Crippen LogP contribution < -0.4 is 10.6 Å². The Kier molecular flexibility index (Phi) is 6.45. The molecule has 37 heavy (non-hydrogen) atoms. The fourth-order valence-corrected chi connectivity index (χ4v) is 4.99. The van der Waals surface area contributed by atoms with E-state index in [1.54, 1.807) is 17.2 Å². The number of carbonyl (C=O) groups is 4. The number of benzene rings is 1. The van der Waals surface area contributed by atoms with Crippen molar-refractivity contribution in [2.45, 2.75) is 64.4 Å². The Morgan fingerprint density at radius 3 is 2.68 bits per heavy atom. The van der Waals surface area contributed by atoms with Gasteiger partial charge in [0, 0.05) is 49.9 Å². The Morgan fingerprint density at radius 1 is 1.16 bits per heavy atom. The maximum absolute atomic E-state index is 13.0. The molecule has 1 unspecified atom stereocenters. The lowest BCUT2D eigenvalue weighted by Crippen LogP contribution is -2.59. The molecule has 1 aromatic carbocycles. The number of amides is 4. The number of carbonyl (C=O) groups excluding carboxylic acids is 4. The molecule has 1 aromatic heterocycles. The number of alkyl carbamates (subject to hydrolysis) is 1. The zero-order valence-corrected chi connectivity index (χ0v) is 21.2. The highest BCUT2D eigenvalue weighted by atomic mass is 16.6. The third-order valence-electron chi connectivity index (χ3n) is 6.73. The van der Waals surface area contributed by atoms with Crippen LogP contribution in [0.4, 0.5) is 4.79 Å². The molecule has 0 aliphatic carbocycles. The van der Waals surface area contributed by atoms with Crippen LogP contribution in [0, 0.1) is 0 Å². The summed E-state index contributed by atoms with van der Waals surface area (Å²) in [6.07, 6.45) is 1.95. The third-order valence-corrected chi connectivity index (χ3v) is 6.73. The molecule has 2 fully saturated rings. The third kappa shape index (κ3) is 5.48. The monoisotopic (exact) mass is 505 g/mol. The summed E-state index contributed by atoms with van der Waals surface area (Å²) < 4.78 is 5.32. The van der Waals surface area contributed by atoms with Gasteiger partial charge >= 0.3 is 6.09 Å². The molecule has 3 aliphatic rings. The number of hydrogen-bond donors (Lipinski definition) is 2. The number of fused-ring (bicyclic) bond motifs is 1. The Bertz CT molecular complexity index is 1260. The number of nitrogens with zero attached hydrogens (tertiary/aromatic N) is 3. The molecule has 0 spiro atoms. The minimum absolute atomic E-state index is 0.0673. The van der Waals surface area contributed by atoms with Gasteiger partial charge in [0.2, 0.25) is 11.8 Å². The Labute approximate surface area is 215 Å². The Morgan fingerprint density at radius 2 is 1.95 bits per heavy atom. The van der Waals surface area contributed by atoms with E-state index in [2.05, 4.69) is 20.5 Å².